The highest BCUT2D eigenvalue weighted by Gasteiger charge is 2.30. The molecule has 0 aliphatic rings. The number of alkyl halides is 3. The normalized spacial score (nSPS) is 11.9. The molecule has 0 unspecified atom stereocenters. The zero-order valence-electron chi connectivity index (χ0n) is 15.3. The predicted octanol–water partition coefficient (Wildman–Crippen LogP) is 4.21. The van der Waals surface area contributed by atoms with Crippen molar-refractivity contribution in [2.45, 2.75) is 12.8 Å². The van der Waals surface area contributed by atoms with Crippen LogP contribution in [0, 0.1) is 0 Å². The molecule has 29 heavy (non-hydrogen) atoms. The number of halogens is 3. The maximum absolute atomic E-state index is 12.8. The van der Waals surface area contributed by atoms with Crippen molar-refractivity contribution in [1.82, 2.24) is 4.57 Å². The van der Waals surface area contributed by atoms with Gasteiger partial charge < -0.3 is 19.2 Å². The average molecular weight is 406 g/mol. The number of fused-ring (bicyclic) bond motifs is 1. The van der Waals surface area contributed by atoms with E-state index in [1.807, 2.05) is 17.7 Å². The number of rotatable bonds is 7. The van der Waals surface area contributed by atoms with Crippen LogP contribution in [0.5, 0.6) is 5.75 Å². The lowest BCUT2D eigenvalue weighted by molar-refractivity contribution is -0.142. The van der Waals surface area contributed by atoms with E-state index in [1.54, 1.807) is 24.4 Å². The van der Waals surface area contributed by atoms with Crippen LogP contribution in [0.3, 0.4) is 0 Å². The smallest absolute Gasteiger partial charge is 0.416 e. The molecule has 0 spiro atoms. The minimum atomic E-state index is -4.41. The molecule has 3 rings (SSSR count). The van der Waals surface area contributed by atoms with Crippen LogP contribution < -0.4 is 4.74 Å². The number of ether oxygens (including phenoxy) is 1. The van der Waals surface area contributed by atoms with Crippen molar-refractivity contribution in [3.05, 3.63) is 65.4 Å². The first-order chi connectivity index (χ1) is 13.7. The van der Waals surface area contributed by atoms with Gasteiger partial charge in [0.1, 0.15) is 12.4 Å². The molecule has 152 valence electrons. The molecule has 0 aliphatic heterocycles. The number of aryl methyl sites for hydroxylation is 1. The van der Waals surface area contributed by atoms with Crippen molar-refractivity contribution in [2.75, 3.05) is 6.61 Å². The number of hydrogen-bond acceptors (Lipinski definition) is 4. The summed E-state index contributed by atoms with van der Waals surface area (Å²) in [5.41, 5.74) is 1.22. The molecular weight excluding hydrogens is 389 g/mol. The molecule has 1 aromatic heterocycles. The minimum Gasteiger partial charge on any atom is -0.489 e. The van der Waals surface area contributed by atoms with Crippen molar-refractivity contribution in [1.29, 1.82) is 0 Å². The second kappa shape index (κ2) is 8.26. The molecule has 0 fully saturated rings. The fourth-order valence-electron chi connectivity index (χ4n) is 2.78. The van der Waals surface area contributed by atoms with Crippen LogP contribution >= 0.6 is 0 Å². The van der Waals surface area contributed by atoms with E-state index in [0.29, 0.717) is 16.9 Å². The topological polar surface area (TPSA) is 73.1 Å². The summed E-state index contributed by atoms with van der Waals surface area (Å²) in [6.45, 7) is -0.569. The van der Waals surface area contributed by atoms with Crippen molar-refractivity contribution < 1.29 is 32.6 Å². The molecular formula is C20H17F3N2O4. The van der Waals surface area contributed by atoms with Crippen LogP contribution in [0.15, 0.2) is 53.8 Å². The van der Waals surface area contributed by atoms with Crippen molar-refractivity contribution in [3.63, 3.8) is 0 Å². The fraction of sp³-hybridized carbons (Fsp3) is 0.200. The van der Waals surface area contributed by atoms with Crippen LogP contribution in [-0.4, -0.2) is 28.5 Å². The molecule has 0 aliphatic carbocycles. The Labute approximate surface area is 163 Å². The van der Waals surface area contributed by atoms with Gasteiger partial charge in [-0.1, -0.05) is 17.3 Å². The summed E-state index contributed by atoms with van der Waals surface area (Å²) in [5, 5.41) is 13.0. The molecule has 1 heterocycles. The number of carboxylic acid groups (broad SMARTS) is 1. The van der Waals surface area contributed by atoms with Crippen molar-refractivity contribution in [2.24, 2.45) is 12.2 Å². The van der Waals surface area contributed by atoms with E-state index in [9.17, 15) is 18.0 Å². The van der Waals surface area contributed by atoms with E-state index >= 15 is 0 Å². The maximum Gasteiger partial charge on any atom is 0.416 e. The Morgan fingerprint density at radius 3 is 2.76 bits per heavy atom. The monoisotopic (exact) mass is 406 g/mol. The van der Waals surface area contributed by atoms with Crippen LogP contribution in [0.2, 0.25) is 0 Å². The van der Waals surface area contributed by atoms with E-state index < -0.39 is 24.3 Å². The third-order valence-corrected chi connectivity index (χ3v) is 4.11. The molecule has 0 amide bonds. The number of aromatic nitrogens is 1. The van der Waals surface area contributed by atoms with Gasteiger partial charge in [0.2, 0.25) is 6.61 Å². The van der Waals surface area contributed by atoms with Crippen LogP contribution in [0.25, 0.3) is 10.9 Å². The standard InChI is InChI=1S/C20H17F3N2O4/c1-25-10-14(9-24-29-12-19(26)27)17-8-16(5-6-18(17)25)28-11-13-3-2-4-15(7-13)20(21,22)23/h2-10H,11-12H2,1H3,(H,26,27). The molecule has 9 heteroatoms. The maximum atomic E-state index is 12.8. The molecule has 0 atom stereocenters. The summed E-state index contributed by atoms with van der Waals surface area (Å²) >= 11 is 0. The number of carbonyl (C=O) groups is 1. The Kier molecular flexibility index (Phi) is 5.76. The summed E-state index contributed by atoms with van der Waals surface area (Å²) in [6, 6.07) is 10.2. The van der Waals surface area contributed by atoms with E-state index in [1.165, 1.54) is 12.3 Å². The zero-order chi connectivity index (χ0) is 21.0. The van der Waals surface area contributed by atoms with Gasteiger partial charge in [0, 0.05) is 29.7 Å². The first-order valence-electron chi connectivity index (χ1n) is 8.49. The second-order valence-corrected chi connectivity index (χ2v) is 6.26. The third-order valence-electron chi connectivity index (χ3n) is 4.11. The SMILES string of the molecule is Cn1cc(C=NOCC(=O)O)c2cc(OCc3cccc(C(F)(F)F)c3)ccc21. The van der Waals surface area contributed by atoms with Gasteiger partial charge in [-0.15, -0.1) is 0 Å². The summed E-state index contributed by atoms with van der Waals surface area (Å²) in [4.78, 5) is 15.1. The van der Waals surface area contributed by atoms with Gasteiger partial charge >= 0.3 is 12.1 Å². The average Bonchev–Trinajstić information content (AvgIpc) is 2.98. The first kappa shape index (κ1) is 20.2. The number of oxime groups is 1. The number of hydrogen-bond donors (Lipinski definition) is 1. The summed E-state index contributed by atoms with van der Waals surface area (Å²) in [5.74, 6) is -0.660. The van der Waals surface area contributed by atoms with Gasteiger partial charge in [0.15, 0.2) is 0 Å². The lowest BCUT2D eigenvalue weighted by atomic mass is 10.1. The van der Waals surface area contributed by atoms with E-state index in [4.69, 9.17) is 9.84 Å². The van der Waals surface area contributed by atoms with Crippen molar-refractivity contribution >= 4 is 23.1 Å². The molecule has 6 nitrogen and oxygen atoms in total. The molecule has 0 radical (unpaired) electrons. The second-order valence-electron chi connectivity index (χ2n) is 6.26. The number of carboxylic acids is 1. The minimum absolute atomic E-state index is 0.0204. The van der Waals surface area contributed by atoms with Gasteiger partial charge in [0.25, 0.3) is 0 Å². The van der Waals surface area contributed by atoms with Gasteiger partial charge in [-0.3, -0.25) is 0 Å². The molecule has 0 saturated heterocycles. The highest BCUT2D eigenvalue weighted by Crippen LogP contribution is 2.30. The third kappa shape index (κ3) is 5.07. The molecule has 0 bridgehead atoms. The van der Waals surface area contributed by atoms with Crippen LogP contribution in [0.4, 0.5) is 13.2 Å². The quantitative estimate of drug-likeness (QED) is 0.471. The number of benzene rings is 2. The van der Waals surface area contributed by atoms with E-state index in [-0.39, 0.29) is 6.61 Å². The first-order valence-corrected chi connectivity index (χ1v) is 8.49. The molecule has 3 aromatic rings. The van der Waals surface area contributed by atoms with Gasteiger partial charge in [-0.2, -0.15) is 13.2 Å². The highest BCUT2D eigenvalue weighted by atomic mass is 19.4. The Morgan fingerprint density at radius 1 is 1.24 bits per heavy atom. The Bertz CT molecular complexity index is 1060. The highest BCUT2D eigenvalue weighted by molar-refractivity contribution is 5.99. The Hall–Kier alpha value is -3.49. The molecule has 0 saturated carbocycles. The van der Waals surface area contributed by atoms with E-state index in [2.05, 4.69) is 9.99 Å². The summed E-state index contributed by atoms with van der Waals surface area (Å²) in [6.07, 6.45) is -1.23. The van der Waals surface area contributed by atoms with Gasteiger partial charge in [0.05, 0.1) is 11.8 Å². The van der Waals surface area contributed by atoms with Gasteiger partial charge in [-0.05, 0) is 35.9 Å². The lowest BCUT2D eigenvalue weighted by Crippen LogP contribution is -2.06. The Morgan fingerprint density at radius 2 is 2.03 bits per heavy atom. The fourth-order valence-corrected chi connectivity index (χ4v) is 2.78. The summed E-state index contributed by atoms with van der Waals surface area (Å²) < 4.78 is 46.0. The van der Waals surface area contributed by atoms with Crippen LogP contribution in [0.1, 0.15) is 16.7 Å². The van der Waals surface area contributed by atoms with Gasteiger partial charge in [-0.25, -0.2) is 4.79 Å². The summed E-state index contributed by atoms with van der Waals surface area (Å²) in [7, 11) is 1.83. The Balaban J connectivity index is 1.77. The lowest BCUT2D eigenvalue weighted by Gasteiger charge is -2.10. The van der Waals surface area contributed by atoms with E-state index in [0.717, 1.165) is 23.0 Å². The number of aliphatic carboxylic acids is 1. The van der Waals surface area contributed by atoms with Crippen molar-refractivity contribution in [3.8, 4) is 5.75 Å². The zero-order valence-corrected chi connectivity index (χ0v) is 15.3. The molecule has 2 aromatic carbocycles. The molecule has 1 N–H and O–H groups in total. The largest absolute Gasteiger partial charge is 0.489 e. The number of nitrogens with zero attached hydrogens (tertiary/aromatic N) is 2. The van der Waals surface area contributed by atoms with Crippen LogP contribution in [-0.2, 0) is 29.5 Å². The predicted molar refractivity (Wildman–Crippen MR) is 99.9 cm³/mol.